The second kappa shape index (κ2) is 8.90. The summed E-state index contributed by atoms with van der Waals surface area (Å²) in [5, 5.41) is 12.3. The van der Waals surface area contributed by atoms with Gasteiger partial charge in [-0.3, -0.25) is 0 Å². The van der Waals surface area contributed by atoms with Crippen LogP contribution in [-0.4, -0.2) is 11.1 Å². The van der Waals surface area contributed by atoms with E-state index in [-0.39, 0.29) is 0 Å². The minimum atomic E-state index is 0.632. The van der Waals surface area contributed by atoms with Crippen LogP contribution in [0.5, 0.6) is 0 Å². The van der Waals surface area contributed by atoms with Gasteiger partial charge in [-0.05, 0) is 66.8 Å². The van der Waals surface area contributed by atoms with Gasteiger partial charge in [0.25, 0.3) is 0 Å². The number of nitrogens with two attached hydrogens (primary N) is 1. The van der Waals surface area contributed by atoms with Crippen molar-refractivity contribution in [3.05, 3.63) is 72.4 Å². The largest absolute Gasteiger partial charge is 0.456 e. The molecule has 0 amide bonds. The van der Waals surface area contributed by atoms with Gasteiger partial charge in [-0.15, -0.1) is 0 Å². The Labute approximate surface area is 187 Å². The molecular weight excluding hydrogens is 394 g/mol. The van der Waals surface area contributed by atoms with Crippen molar-refractivity contribution in [1.82, 2.24) is 4.57 Å². The van der Waals surface area contributed by atoms with E-state index in [1.54, 1.807) is 0 Å². The first kappa shape index (κ1) is 20.4. The number of rotatable bonds is 8. The van der Waals surface area contributed by atoms with Gasteiger partial charge in [0.15, 0.2) is 0 Å². The fourth-order valence-corrected chi connectivity index (χ4v) is 4.76. The normalized spacial score (nSPS) is 11.5. The van der Waals surface area contributed by atoms with Crippen molar-refractivity contribution in [3.63, 3.8) is 0 Å². The van der Waals surface area contributed by atoms with Gasteiger partial charge in [-0.25, -0.2) is 0 Å². The number of furan rings is 1. The predicted octanol–water partition coefficient (Wildman–Crippen LogP) is 6.79. The third kappa shape index (κ3) is 3.66. The Hall–Kier alpha value is -3.55. The minimum absolute atomic E-state index is 0.632. The maximum atomic E-state index is 8.74. The molecule has 0 fully saturated rings. The highest BCUT2D eigenvalue weighted by Gasteiger charge is 2.14. The summed E-state index contributed by atoms with van der Waals surface area (Å²) in [6, 6.07) is 23.5. The molecule has 3 aromatic carbocycles. The second-order valence-electron chi connectivity index (χ2n) is 8.36. The summed E-state index contributed by atoms with van der Waals surface area (Å²) in [7, 11) is 0. The summed E-state index contributed by atoms with van der Waals surface area (Å²) >= 11 is 0. The minimum Gasteiger partial charge on any atom is -0.456 e. The van der Waals surface area contributed by atoms with E-state index < -0.39 is 0 Å². The van der Waals surface area contributed by atoms with Crippen LogP contribution in [0, 0.1) is 11.3 Å². The summed E-state index contributed by atoms with van der Waals surface area (Å²) in [4.78, 5) is 0. The van der Waals surface area contributed by atoms with Crippen molar-refractivity contribution >= 4 is 32.8 Å². The van der Waals surface area contributed by atoms with Crippen molar-refractivity contribution in [2.45, 2.75) is 38.6 Å². The van der Waals surface area contributed by atoms with Crippen molar-refractivity contribution in [2.24, 2.45) is 5.73 Å². The van der Waals surface area contributed by atoms with E-state index in [0.29, 0.717) is 13.0 Å². The quantitative estimate of drug-likeness (QED) is 0.280. The Balaban J connectivity index is 1.58. The molecule has 2 aromatic heterocycles. The summed E-state index contributed by atoms with van der Waals surface area (Å²) in [6.07, 6.45) is 6.89. The zero-order valence-electron chi connectivity index (χ0n) is 18.2. The van der Waals surface area contributed by atoms with E-state index in [4.69, 9.17) is 15.4 Å². The number of aromatic nitrogens is 1. The van der Waals surface area contributed by atoms with Crippen LogP contribution < -0.4 is 5.73 Å². The van der Waals surface area contributed by atoms with E-state index in [9.17, 15) is 0 Å². The monoisotopic (exact) mass is 421 g/mol. The molecule has 0 spiro atoms. The highest BCUT2D eigenvalue weighted by molar-refractivity contribution is 6.12. The van der Waals surface area contributed by atoms with E-state index in [1.165, 1.54) is 33.0 Å². The van der Waals surface area contributed by atoms with E-state index in [0.717, 1.165) is 48.8 Å². The van der Waals surface area contributed by atoms with E-state index >= 15 is 0 Å². The molecule has 2 heterocycles. The van der Waals surface area contributed by atoms with Crippen LogP contribution in [0.25, 0.3) is 44.0 Å². The van der Waals surface area contributed by atoms with Crippen molar-refractivity contribution in [1.29, 1.82) is 5.26 Å². The van der Waals surface area contributed by atoms with Gasteiger partial charge in [-0.1, -0.05) is 42.8 Å². The van der Waals surface area contributed by atoms with Gasteiger partial charge in [0, 0.05) is 40.8 Å². The summed E-state index contributed by atoms with van der Waals surface area (Å²) in [5.41, 5.74) is 12.7. The molecule has 0 aliphatic rings. The summed E-state index contributed by atoms with van der Waals surface area (Å²) in [6.45, 7) is 1.60. The summed E-state index contributed by atoms with van der Waals surface area (Å²) < 4.78 is 8.45. The first-order chi connectivity index (χ1) is 15.8. The maximum absolute atomic E-state index is 8.74. The molecule has 4 nitrogen and oxygen atoms in total. The molecule has 2 N–H and O–H groups in total. The molecule has 0 radical (unpaired) electrons. The fraction of sp³-hybridized carbons (Fsp3) is 0.250. The average molecular weight is 422 g/mol. The zero-order chi connectivity index (χ0) is 21.9. The third-order valence-corrected chi connectivity index (χ3v) is 6.28. The standard InChI is InChI=1S/C28H27N3O/c29-15-5-1-2-6-17-31-19-21(14-16-30)24-18-20(12-13-25(24)31)22-9-7-11-27-28(22)23-8-3-4-10-26(23)32-27/h3-4,7-13,18-19H,1-2,5-6,14,16-17,30H2. The number of hydrogen-bond acceptors (Lipinski definition) is 3. The van der Waals surface area contributed by atoms with Crippen LogP contribution in [0.2, 0.25) is 0 Å². The number of nitrogens with zero attached hydrogens (tertiary/aromatic N) is 2. The Morgan fingerprint density at radius 2 is 1.78 bits per heavy atom. The van der Waals surface area contributed by atoms with Crippen molar-refractivity contribution in [2.75, 3.05) is 6.54 Å². The first-order valence-corrected chi connectivity index (χ1v) is 11.4. The smallest absolute Gasteiger partial charge is 0.136 e. The Morgan fingerprint density at radius 1 is 0.906 bits per heavy atom. The highest BCUT2D eigenvalue weighted by atomic mass is 16.3. The molecule has 0 saturated carbocycles. The van der Waals surface area contributed by atoms with Crippen molar-refractivity contribution in [3.8, 4) is 17.2 Å². The number of benzene rings is 3. The SMILES string of the molecule is N#CCCCCCn1cc(CCN)c2cc(-c3cccc4oc5ccccc5c34)ccc21. The van der Waals surface area contributed by atoms with Gasteiger partial charge in [-0.2, -0.15) is 5.26 Å². The molecule has 0 saturated heterocycles. The lowest BCUT2D eigenvalue weighted by atomic mass is 9.97. The fourth-order valence-electron chi connectivity index (χ4n) is 4.76. The zero-order valence-corrected chi connectivity index (χ0v) is 18.2. The molecule has 160 valence electrons. The van der Waals surface area contributed by atoms with Crippen LogP contribution in [0.3, 0.4) is 0 Å². The number of unbranched alkanes of at least 4 members (excludes halogenated alkanes) is 3. The molecule has 0 aliphatic carbocycles. The third-order valence-electron chi connectivity index (χ3n) is 6.28. The topological polar surface area (TPSA) is 67.9 Å². The van der Waals surface area contributed by atoms with Gasteiger partial charge in [0.05, 0.1) is 6.07 Å². The van der Waals surface area contributed by atoms with Crippen LogP contribution in [0.1, 0.15) is 31.2 Å². The molecular formula is C28H27N3O. The number of hydrogen-bond donors (Lipinski definition) is 1. The van der Waals surface area contributed by atoms with Gasteiger partial charge in [0.2, 0.25) is 0 Å². The van der Waals surface area contributed by atoms with E-state index in [1.807, 2.05) is 18.2 Å². The molecule has 0 bridgehead atoms. The maximum Gasteiger partial charge on any atom is 0.136 e. The molecule has 5 aromatic rings. The number of fused-ring (bicyclic) bond motifs is 4. The first-order valence-electron chi connectivity index (χ1n) is 11.4. The molecule has 0 atom stereocenters. The van der Waals surface area contributed by atoms with E-state index in [2.05, 4.69) is 59.3 Å². The van der Waals surface area contributed by atoms with Crippen LogP contribution in [0.4, 0.5) is 0 Å². The number of aryl methyl sites for hydroxylation is 1. The van der Waals surface area contributed by atoms with Gasteiger partial charge in [0.1, 0.15) is 11.2 Å². The number of nitriles is 1. The molecule has 32 heavy (non-hydrogen) atoms. The molecule has 5 rings (SSSR count). The van der Waals surface area contributed by atoms with Crippen LogP contribution >= 0.6 is 0 Å². The second-order valence-corrected chi connectivity index (χ2v) is 8.36. The molecule has 0 aliphatic heterocycles. The van der Waals surface area contributed by atoms with Crippen LogP contribution in [-0.2, 0) is 13.0 Å². The highest BCUT2D eigenvalue weighted by Crippen LogP contribution is 2.38. The van der Waals surface area contributed by atoms with Gasteiger partial charge < -0.3 is 14.7 Å². The molecule has 0 unspecified atom stereocenters. The lowest BCUT2D eigenvalue weighted by Crippen LogP contribution is -2.02. The van der Waals surface area contributed by atoms with Crippen molar-refractivity contribution < 1.29 is 4.42 Å². The number of para-hydroxylation sites is 1. The lowest BCUT2D eigenvalue weighted by Gasteiger charge is -2.08. The Bertz CT molecular complexity index is 1430. The average Bonchev–Trinajstić information content (AvgIpc) is 3.37. The Kier molecular flexibility index (Phi) is 5.66. The van der Waals surface area contributed by atoms with Crippen LogP contribution in [0.15, 0.2) is 71.3 Å². The lowest BCUT2D eigenvalue weighted by molar-refractivity contribution is 0.603. The van der Waals surface area contributed by atoms with Gasteiger partial charge >= 0.3 is 0 Å². The Morgan fingerprint density at radius 3 is 2.66 bits per heavy atom. The predicted molar refractivity (Wildman–Crippen MR) is 131 cm³/mol. The summed E-state index contributed by atoms with van der Waals surface area (Å²) in [5.74, 6) is 0. The molecule has 4 heteroatoms.